The molecule has 1 saturated heterocycles. The first-order valence-corrected chi connectivity index (χ1v) is 7.83. The van der Waals surface area contributed by atoms with Crippen molar-refractivity contribution >= 4 is 11.8 Å². The van der Waals surface area contributed by atoms with Crippen LogP contribution in [0.1, 0.15) is 11.1 Å². The molecule has 1 aromatic rings. The van der Waals surface area contributed by atoms with Gasteiger partial charge in [-0.3, -0.25) is 14.5 Å². The summed E-state index contributed by atoms with van der Waals surface area (Å²) in [5.74, 6) is -1.22. The van der Waals surface area contributed by atoms with Crippen molar-refractivity contribution in [3.63, 3.8) is 0 Å². The first kappa shape index (κ1) is 17.4. The van der Waals surface area contributed by atoms with Crippen LogP contribution in [0.3, 0.4) is 0 Å². The number of hydrogen-bond donors (Lipinski definition) is 3. The monoisotopic (exact) mass is 320 g/mol. The van der Waals surface area contributed by atoms with E-state index in [9.17, 15) is 9.59 Å². The summed E-state index contributed by atoms with van der Waals surface area (Å²) in [5.41, 5.74) is 7.49. The second kappa shape index (κ2) is 9.24. The quantitative estimate of drug-likeness (QED) is 0.597. The molecule has 0 spiro atoms. The Balaban J connectivity index is 1.66. The average Bonchev–Trinajstić information content (AvgIpc) is 2.60. The van der Waals surface area contributed by atoms with Crippen LogP contribution in [0, 0.1) is 0 Å². The Hall–Kier alpha value is -1.96. The third kappa shape index (κ3) is 5.97. The van der Waals surface area contributed by atoms with E-state index in [0.29, 0.717) is 19.6 Å². The molecule has 1 aliphatic rings. The van der Waals surface area contributed by atoms with E-state index in [4.69, 9.17) is 10.5 Å². The Kier molecular flexibility index (Phi) is 6.99. The van der Waals surface area contributed by atoms with E-state index in [1.54, 1.807) is 0 Å². The molecule has 23 heavy (non-hydrogen) atoms. The van der Waals surface area contributed by atoms with E-state index in [0.717, 1.165) is 44.0 Å². The van der Waals surface area contributed by atoms with E-state index < -0.39 is 11.8 Å². The highest BCUT2D eigenvalue weighted by Gasteiger charge is 2.14. The number of benzene rings is 1. The van der Waals surface area contributed by atoms with Gasteiger partial charge < -0.3 is 21.1 Å². The zero-order valence-corrected chi connectivity index (χ0v) is 13.2. The van der Waals surface area contributed by atoms with Crippen molar-refractivity contribution in [3.05, 3.63) is 35.4 Å². The molecule has 4 N–H and O–H groups in total. The molecular formula is C16H24N4O3. The van der Waals surface area contributed by atoms with Crippen LogP contribution in [-0.2, 0) is 27.4 Å². The molecule has 7 heteroatoms. The summed E-state index contributed by atoms with van der Waals surface area (Å²) in [7, 11) is 0. The molecule has 1 aliphatic heterocycles. The lowest BCUT2D eigenvalue weighted by Gasteiger charge is -2.26. The normalized spacial score (nSPS) is 15.2. The van der Waals surface area contributed by atoms with Gasteiger partial charge in [-0.25, -0.2) is 0 Å². The Morgan fingerprint density at radius 1 is 1.13 bits per heavy atom. The minimum atomic E-state index is -0.620. The maximum Gasteiger partial charge on any atom is 0.309 e. The third-order valence-corrected chi connectivity index (χ3v) is 3.70. The van der Waals surface area contributed by atoms with Crippen molar-refractivity contribution in [1.29, 1.82) is 0 Å². The molecule has 0 saturated carbocycles. The van der Waals surface area contributed by atoms with Crippen LogP contribution >= 0.6 is 0 Å². The summed E-state index contributed by atoms with van der Waals surface area (Å²) < 4.78 is 5.25. The van der Waals surface area contributed by atoms with Gasteiger partial charge in [0.2, 0.25) is 0 Å². The van der Waals surface area contributed by atoms with Gasteiger partial charge in [-0.1, -0.05) is 24.3 Å². The number of carbonyl (C=O) groups excluding carboxylic acids is 2. The fourth-order valence-corrected chi connectivity index (χ4v) is 2.36. The van der Waals surface area contributed by atoms with Crippen molar-refractivity contribution in [2.75, 3.05) is 39.4 Å². The molecule has 7 nitrogen and oxygen atoms in total. The fourth-order valence-electron chi connectivity index (χ4n) is 2.36. The highest BCUT2D eigenvalue weighted by Crippen LogP contribution is 2.04. The molecule has 1 aromatic carbocycles. The number of nitrogens with one attached hydrogen (secondary N) is 2. The fraction of sp³-hybridized carbons (Fsp3) is 0.500. The third-order valence-electron chi connectivity index (χ3n) is 3.70. The van der Waals surface area contributed by atoms with Gasteiger partial charge in [0.25, 0.3) is 0 Å². The van der Waals surface area contributed by atoms with Crippen LogP contribution in [0.5, 0.6) is 0 Å². The van der Waals surface area contributed by atoms with Crippen LogP contribution in [-0.4, -0.2) is 56.1 Å². The largest absolute Gasteiger partial charge is 0.379 e. The number of morpholine rings is 1. The summed E-state index contributed by atoms with van der Waals surface area (Å²) in [5, 5.41) is 5.25. The molecule has 0 atom stereocenters. The molecule has 0 aromatic heterocycles. The molecule has 0 aliphatic carbocycles. The minimum Gasteiger partial charge on any atom is -0.379 e. The predicted molar refractivity (Wildman–Crippen MR) is 86.4 cm³/mol. The molecule has 2 rings (SSSR count). The van der Waals surface area contributed by atoms with E-state index >= 15 is 0 Å². The summed E-state index contributed by atoms with van der Waals surface area (Å²) in [6.45, 7) is 5.09. The van der Waals surface area contributed by atoms with Crippen molar-refractivity contribution < 1.29 is 14.3 Å². The average molecular weight is 320 g/mol. The minimum absolute atomic E-state index is 0.309. The Bertz CT molecular complexity index is 530. The van der Waals surface area contributed by atoms with E-state index in [1.165, 1.54) is 0 Å². The summed E-state index contributed by atoms with van der Waals surface area (Å²) in [6.07, 6.45) is 0. The first-order chi connectivity index (χ1) is 11.2. The molecule has 1 fully saturated rings. The lowest BCUT2D eigenvalue weighted by atomic mass is 10.1. The molecular weight excluding hydrogens is 296 g/mol. The summed E-state index contributed by atoms with van der Waals surface area (Å²) in [4.78, 5) is 25.7. The second-order valence-corrected chi connectivity index (χ2v) is 5.42. The Morgan fingerprint density at radius 3 is 2.57 bits per heavy atom. The maximum absolute atomic E-state index is 11.8. The number of hydrogen-bond acceptors (Lipinski definition) is 5. The SMILES string of the molecule is NCc1cccc(CNC(=O)C(=O)NCCN2CCOCC2)c1. The van der Waals surface area contributed by atoms with E-state index in [-0.39, 0.29) is 0 Å². The number of rotatable bonds is 6. The van der Waals surface area contributed by atoms with Crippen LogP contribution in [0.15, 0.2) is 24.3 Å². The van der Waals surface area contributed by atoms with Gasteiger partial charge in [-0.2, -0.15) is 0 Å². The van der Waals surface area contributed by atoms with Gasteiger partial charge in [0.1, 0.15) is 0 Å². The van der Waals surface area contributed by atoms with Crippen LogP contribution in [0.25, 0.3) is 0 Å². The van der Waals surface area contributed by atoms with Crippen LogP contribution in [0.2, 0.25) is 0 Å². The number of ether oxygens (including phenoxy) is 1. The molecule has 1 heterocycles. The standard InChI is InChI=1S/C16H24N4O3/c17-11-13-2-1-3-14(10-13)12-19-16(22)15(21)18-4-5-20-6-8-23-9-7-20/h1-3,10H,4-9,11-12,17H2,(H,18,21)(H,19,22). The summed E-state index contributed by atoms with van der Waals surface area (Å²) >= 11 is 0. The lowest BCUT2D eigenvalue weighted by molar-refractivity contribution is -0.139. The molecule has 0 radical (unpaired) electrons. The van der Waals surface area contributed by atoms with Crippen LogP contribution in [0.4, 0.5) is 0 Å². The van der Waals surface area contributed by atoms with Gasteiger partial charge in [0.15, 0.2) is 0 Å². The molecule has 0 bridgehead atoms. The Morgan fingerprint density at radius 2 is 1.83 bits per heavy atom. The van der Waals surface area contributed by atoms with E-state index in [2.05, 4.69) is 15.5 Å². The van der Waals surface area contributed by atoms with Crippen molar-refractivity contribution in [2.45, 2.75) is 13.1 Å². The van der Waals surface area contributed by atoms with Crippen LogP contribution < -0.4 is 16.4 Å². The second-order valence-electron chi connectivity index (χ2n) is 5.42. The van der Waals surface area contributed by atoms with E-state index in [1.807, 2.05) is 24.3 Å². The number of amides is 2. The van der Waals surface area contributed by atoms with Crippen molar-refractivity contribution in [1.82, 2.24) is 15.5 Å². The number of carbonyl (C=O) groups is 2. The zero-order valence-electron chi connectivity index (χ0n) is 13.2. The first-order valence-electron chi connectivity index (χ1n) is 7.83. The number of nitrogens with zero attached hydrogens (tertiary/aromatic N) is 1. The van der Waals surface area contributed by atoms with Gasteiger partial charge in [0.05, 0.1) is 13.2 Å². The lowest BCUT2D eigenvalue weighted by Crippen LogP contribution is -2.44. The topological polar surface area (TPSA) is 96.7 Å². The van der Waals surface area contributed by atoms with Crippen molar-refractivity contribution in [2.24, 2.45) is 5.73 Å². The summed E-state index contributed by atoms with van der Waals surface area (Å²) in [6, 6.07) is 7.60. The van der Waals surface area contributed by atoms with Gasteiger partial charge in [0, 0.05) is 39.3 Å². The zero-order chi connectivity index (χ0) is 16.5. The molecule has 2 amide bonds. The van der Waals surface area contributed by atoms with Gasteiger partial charge in [-0.05, 0) is 11.1 Å². The smallest absolute Gasteiger partial charge is 0.309 e. The van der Waals surface area contributed by atoms with Gasteiger partial charge in [-0.15, -0.1) is 0 Å². The van der Waals surface area contributed by atoms with Gasteiger partial charge >= 0.3 is 11.8 Å². The maximum atomic E-state index is 11.8. The number of nitrogens with two attached hydrogens (primary N) is 1. The highest BCUT2D eigenvalue weighted by molar-refractivity contribution is 6.35. The molecule has 126 valence electrons. The highest BCUT2D eigenvalue weighted by atomic mass is 16.5. The van der Waals surface area contributed by atoms with Crippen molar-refractivity contribution in [3.8, 4) is 0 Å². The predicted octanol–water partition coefficient (Wildman–Crippen LogP) is -0.790. The molecule has 0 unspecified atom stereocenters. The Labute approximate surface area is 136 Å².